The molecule has 0 amide bonds. The van der Waals surface area contributed by atoms with Crippen molar-refractivity contribution in [3.63, 3.8) is 0 Å². The molecule has 98 valence electrons. The second-order valence-electron chi connectivity index (χ2n) is 4.82. The Balaban J connectivity index is 1.99. The second-order valence-corrected chi connectivity index (χ2v) is 4.82. The summed E-state index contributed by atoms with van der Waals surface area (Å²) in [7, 11) is 2.09. The Morgan fingerprint density at radius 3 is 2.83 bits per heavy atom. The number of nitro groups is 1. The topological polar surface area (TPSA) is 58.4 Å². The molecule has 0 radical (unpaired) electrons. The van der Waals surface area contributed by atoms with Crippen molar-refractivity contribution in [1.29, 1.82) is 0 Å². The van der Waals surface area contributed by atoms with Crippen molar-refractivity contribution >= 4 is 5.69 Å². The molecule has 18 heavy (non-hydrogen) atoms. The van der Waals surface area contributed by atoms with Crippen LogP contribution in [0.5, 0.6) is 0 Å². The lowest BCUT2D eigenvalue weighted by Gasteiger charge is -2.31. The number of hydrogen-bond donors (Lipinski definition) is 1. The van der Waals surface area contributed by atoms with Gasteiger partial charge in [-0.3, -0.25) is 15.0 Å². The summed E-state index contributed by atoms with van der Waals surface area (Å²) in [5, 5.41) is 14.1. The van der Waals surface area contributed by atoms with Crippen molar-refractivity contribution in [3.8, 4) is 0 Å². The van der Waals surface area contributed by atoms with E-state index in [2.05, 4.69) is 17.3 Å². The first-order valence-corrected chi connectivity index (χ1v) is 6.31. The van der Waals surface area contributed by atoms with Gasteiger partial charge in [0.05, 0.1) is 4.92 Å². The van der Waals surface area contributed by atoms with Gasteiger partial charge < -0.3 is 5.32 Å². The molecule has 5 nitrogen and oxygen atoms in total. The maximum Gasteiger partial charge on any atom is 0.269 e. The van der Waals surface area contributed by atoms with Crippen molar-refractivity contribution in [2.75, 3.05) is 20.1 Å². The average Bonchev–Trinajstić information content (AvgIpc) is 2.40. The Hall–Kier alpha value is -1.46. The molecule has 1 heterocycles. The van der Waals surface area contributed by atoms with Crippen LogP contribution >= 0.6 is 0 Å². The average molecular weight is 249 g/mol. The van der Waals surface area contributed by atoms with E-state index in [4.69, 9.17) is 0 Å². The predicted octanol–water partition coefficient (Wildman–Crippen LogP) is 1.78. The van der Waals surface area contributed by atoms with Crippen LogP contribution in [-0.2, 0) is 6.54 Å². The van der Waals surface area contributed by atoms with Crippen LogP contribution in [0, 0.1) is 10.1 Å². The van der Waals surface area contributed by atoms with Gasteiger partial charge in [-0.15, -0.1) is 0 Å². The Morgan fingerprint density at radius 2 is 2.17 bits per heavy atom. The minimum absolute atomic E-state index is 0.172. The zero-order chi connectivity index (χ0) is 13.0. The monoisotopic (exact) mass is 249 g/mol. The predicted molar refractivity (Wildman–Crippen MR) is 70.5 cm³/mol. The van der Waals surface area contributed by atoms with Crippen molar-refractivity contribution in [2.24, 2.45) is 0 Å². The summed E-state index contributed by atoms with van der Waals surface area (Å²) in [6.07, 6.45) is 2.29. The van der Waals surface area contributed by atoms with Gasteiger partial charge in [-0.25, -0.2) is 0 Å². The van der Waals surface area contributed by atoms with E-state index in [0.29, 0.717) is 6.04 Å². The maximum absolute atomic E-state index is 10.7. The summed E-state index contributed by atoms with van der Waals surface area (Å²) in [5.74, 6) is 0. The van der Waals surface area contributed by atoms with E-state index in [1.165, 1.54) is 6.07 Å². The van der Waals surface area contributed by atoms with Crippen molar-refractivity contribution in [2.45, 2.75) is 25.4 Å². The minimum Gasteiger partial charge on any atom is -0.317 e. The van der Waals surface area contributed by atoms with Gasteiger partial charge in [0, 0.05) is 24.7 Å². The number of hydrogen-bond acceptors (Lipinski definition) is 4. The Labute approximate surface area is 107 Å². The summed E-state index contributed by atoms with van der Waals surface area (Å²) in [6.45, 7) is 2.89. The van der Waals surface area contributed by atoms with E-state index in [-0.39, 0.29) is 10.6 Å². The molecule has 1 saturated heterocycles. The van der Waals surface area contributed by atoms with Gasteiger partial charge in [0.15, 0.2) is 0 Å². The molecular formula is C13H19N3O2. The first-order chi connectivity index (χ1) is 8.66. The third-order valence-electron chi connectivity index (χ3n) is 3.49. The molecule has 2 rings (SSSR count). The molecule has 0 aromatic heterocycles. The molecule has 0 atom stereocenters. The fourth-order valence-electron chi connectivity index (χ4n) is 2.43. The minimum atomic E-state index is -0.339. The molecule has 1 N–H and O–H groups in total. The molecule has 1 aliphatic rings. The third-order valence-corrected chi connectivity index (χ3v) is 3.49. The van der Waals surface area contributed by atoms with E-state index in [1.54, 1.807) is 12.1 Å². The van der Waals surface area contributed by atoms with E-state index in [9.17, 15) is 10.1 Å². The third kappa shape index (κ3) is 3.27. The number of nitro benzene ring substituents is 1. The van der Waals surface area contributed by atoms with Crippen molar-refractivity contribution in [1.82, 2.24) is 10.2 Å². The molecule has 1 aromatic rings. The number of non-ortho nitro benzene ring substituents is 1. The van der Waals surface area contributed by atoms with Gasteiger partial charge >= 0.3 is 0 Å². The molecule has 5 heteroatoms. The Kier molecular flexibility index (Phi) is 4.28. The van der Waals surface area contributed by atoms with Gasteiger partial charge in [-0.2, -0.15) is 0 Å². The molecular weight excluding hydrogens is 230 g/mol. The highest BCUT2D eigenvalue weighted by Crippen LogP contribution is 2.17. The van der Waals surface area contributed by atoms with Gasteiger partial charge in [0.25, 0.3) is 5.69 Å². The lowest BCUT2D eigenvalue weighted by Crippen LogP contribution is -2.40. The van der Waals surface area contributed by atoms with Crippen LogP contribution in [0.15, 0.2) is 24.3 Å². The molecule has 1 aliphatic heterocycles. The van der Waals surface area contributed by atoms with E-state index >= 15 is 0 Å². The molecule has 1 fully saturated rings. The number of benzene rings is 1. The summed E-state index contributed by atoms with van der Waals surface area (Å²) < 4.78 is 0. The highest BCUT2D eigenvalue weighted by atomic mass is 16.6. The zero-order valence-corrected chi connectivity index (χ0v) is 10.6. The number of piperidine rings is 1. The smallest absolute Gasteiger partial charge is 0.269 e. The van der Waals surface area contributed by atoms with Crippen LogP contribution < -0.4 is 5.32 Å². The van der Waals surface area contributed by atoms with Crippen molar-refractivity contribution in [3.05, 3.63) is 39.9 Å². The maximum atomic E-state index is 10.7. The van der Waals surface area contributed by atoms with Gasteiger partial charge in [-0.05, 0) is 38.5 Å². The molecule has 0 aliphatic carbocycles. The van der Waals surface area contributed by atoms with Gasteiger partial charge in [0.2, 0.25) is 0 Å². The first kappa shape index (κ1) is 13.0. The lowest BCUT2D eigenvalue weighted by atomic mass is 10.0. The normalized spacial score (nSPS) is 17.0. The van der Waals surface area contributed by atoms with Crippen molar-refractivity contribution < 1.29 is 4.92 Å². The van der Waals surface area contributed by atoms with Crippen LogP contribution in [0.1, 0.15) is 18.4 Å². The van der Waals surface area contributed by atoms with E-state index in [0.717, 1.165) is 38.0 Å². The Morgan fingerprint density at radius 1 is 1.44 bits per heavy atom. The number of rotatable bonds is 4. The summed E-state index contributed by atoms with van der Waals surface area (Å²) in [6, 6.07) is 7.48. The summed E-state index contributed by atoms with van der Waals surface area (Å²) in [4.78, 5) is 12.7. The van der Waals surface area contributed by atoms with Crippen LogP contribution in [-0.4, -0.2) is 36.0 Å². The Bertz CT molecular complexity index is 416. The summed E-state index contributed by atoms with van der Waals surface area (Å²) in [5.41, 5.74) is 1.18. The zero-order valence-electron chi connectivity index (χ0n) is 10.6. The molecule has 1 aromatic carbocycles. The highest BCUT2D eigenvalue weighted by molar-refractivity contribution is 5.34. The molecule has 0 bridgehead atoms. The quantitative estimate of drug-likeness (QED) is 0.652. The summed E-state index contributed by atoms with van der Waals surface area (Å²) >= 11 is 0. The van der Waals surface area contributed by atoms with Gasteiger partial charge in [0.1, 0.15) is 0 Å². The lowest BCUT2D eigenvalue weighted by molar-refractivity contribution is -0.384. The standard InChI is InChI=1S/C13H19N3O2/c1-15(12-5-7-14-8-6-12)10-11-3-2-4-13(9-11)16(17)18/h2-4,9,12,14H,5-8,10H2,1H3. The fourth-order valence-corrected chi connectivity index (χ4v) is 2.43. The SMILES string of the molecule is CN(Cc1cccc([N+](=O)[O-])c1)C1CCNCC1. The van der Waals surface area contributed by atoms with E-state index in [1.807, 2.05) is 6.07 Å². The fraction of sp³-hybridized carbons (Fsp3) is 0.538. The highest BCUT2D eigenvalue weighted by Gasteiger charge is 2.18. The van der Waals surface area contributed by atoms with Crippen LogP contribution in [0.3, 0.4) is 0 Å². The first-order valence-electron chi connectivity index (χ1n) is 6.31. The number of nitrogens with one attached hydrogen (secondary N) is 1. The number of nitrogens with zero attached hydrogens (tertiary/aromatic N) is 2. The van der Waals surface area contributed by atoms with Gasteiger partial charge in [-0.1, -0.05) is 12.1 Å². The molecule has 0 unspecified atom stereocenters. The largest absolute Gasteiger partial charge is 0.317 e. The molecule has 0 spiro atoms. The van der Waals surface area contributed by atoms with Crippen LogP contribution in [0.4, 0.5) is 5.69 Å². The molecule has 0 saturated carbocycles. The van der Waals surface area contributed by atoms with Crippen LogP contribution in [0.2, 0.25) is 0 Å². The van der Waals surface area contributed by atoms with E-state index < -0.39 is 0 Å². The second kappa shape index (κ2) is 5.93. The van der Waals surface area contributed by atoms with Crippen LogP contribution in [0.25, 0.3) is 0 Å².